The SMILES string of the molecule is Nc1ncnc2c1ncn2[C@]1(C2CCc3ccc4c(c32)OCO4)O[C@H](CO)[C@@H](O)[C@H]1O. The number of fused-ring (bicyclic) bond motifs is 4. The Morgan fingerprint density at radius 3 is 2.87 bits per heavy atom. The highest BCUT2D eigenvalue weighted by molar-refractivity contribution is 5.81. The second kappa shape index (κ2) is 6.50. The minimum Gasteiger partial charge on any atom is -0.454 e. The lowest BCUT2D eigenvalue weighted by atomic mass is 9.84. The summed E-state index contributed by atoms with van der Waals surface area (Å²) in [7, 11) is 0. The third-order valence-electron chi connectivity index (χ3n) is 6.60. The van der Waals surface area contributed by atoms with E-state index in [1.165, 1.54) is 12.7 Å². The predicted molar refractivity (Wildman–Crippen MR) is 105 cm³/mol. The number of benzene rings is 1. The number of aryl methyl sites for hydroxylation is 1. The molecule has 1 aliphatic carbocycles. The molecule has 1 unspecified atom stereocenters. The average Bonchev–Trinajstić information content (AvgIpc) is 3.54. The Kier molecular flexibility index (Phi) is 3.93. The van der Waals surface area contributed by atoms with E-state index >= 15 is 0 Å². The molecule has 0 bridgehead atoms. The summed E-state index contributed by atoms with van der Waals surface area (Å²) < 4.78 is 19.2. The van der Waals surface area contributed by atoms with Gasteiger partial charge in [-0.05, 0) is 24.5 Å². The summed E-state index contributed by atoms with van der Waals surface area (Å²) in [5.41, 5.74) is 7.08. The summed E-state index contributed by atoms with van der Waals surface area (Å²) in [5, 5.41) is 31.9. The third-order valence-corrected chi connectivity index (χ3v) is 6.60. The summed E-state index contributed by atoms with van der Waals surface area (Å²) >= 11 is 0. The van der Waals surface area contributed by atoms with Crippen LogP contribution < -0.4 is 15.2 Å². The first-order valence-corrected chi connectivity index (χ1v) is 10.1. The van der Waals surface area contributed by atoms with Crippen molar-refractivity contribution in [2.24, 2.45) is 0 Å². The Morgan fingerprint density at radius 2 is 2.06 bits per heavy atom. The Balaban J connectivity index is 1.62. The molecular formula is C20H21N5O6. The van der Waals surface area contributed by atoms with E-state index in [-0.39, 0.29) is 12.6 Å². The minimum atomic E-state index is -1.51. The summed E-state index contributed by atoms with van der Waals surface area (Å²) in [6, 6.07) is 3.85. The maximum absolute atomic E-state index is 11.4. The Morgan fingerprint density at radius 1 is 1.19 bits per heavy atom. The van der Waals surface area contributed by atoms with Crippen molar-refractivity contribution in [3.05, 3.63) is 35.9 Å². The van der Waals surface area contributed by atoms with Gasteiger partial charge >= 0.3 is 0 Å². The molecule has 1 fully saturated rings. The van der Waals surface area contributed by atoms with E-state index in [4.69, 9.17) is 19.9 Å². The number of aliphatic hydroxyl groups is 3. The molecule has 0 radical (unpaired) electrons. The van der Waals surface area contributed by atoms with E-state index in [1.54, 1.807) is 4.57 Å². The van der Waals surface area contributed by atoms with Gasteiger partial charge in [0.15, 0.2) is 28.7 Å². The minimum absolute atomic E-state index is 0.106. The first-order valence-electron chi connectivity index (χ1n) is 10.1. The zero-order valence-electron chi connectivity index (χ0n) is 16.4. The monoisotopic (exact) mass is 427 g/mol. The number of aliphatic hydroxyl groups excluding tert-OH is 3. The number of nitrogens with two attached hydrogens (primary N) is 1. The number of nitrogens with zero attached hydrogens (tertiary/aromatic N) is 4. The number of hydrogen-bond donors (Lipinski definition) is 4. The number of hydrogen-bond acceptors (Lipinski definition) is 10. The molecule has 11 heteroatoms. The van der Waals surface area contributed by atoms with Crippen LogP contribution in [0.1, 0.15) is 23.5 Å². The fourth-order valence-corrected chi connectivity index (χ4v) is 5.23. The van der Waals surface area contributed by atoms with Crippen LogP contribution in [-0.2, 0) is 16.9 Å². The first-order chi connectivity index (χ1) is 15.1. The van der Waals surface area contributed by atoms with E-state index in [9.17, 15) is 15.3 Å². The van der Waals surface area contributed by atoms with E-state index in [0.717, 1.165) is 17.5 Å². The summed E-state index contributed by atoms with van der Waals surface area (Å²) in [4.78, 5) is 12.6. The molecule has 0 saturated carbocycles. The number of nitrogen functional groups attached to an aromatic ring is 1. The van der Waals surface area contributed by atoms with Crippen molar-refractivity contribution in [2.45, 2.75) is 42.8 Å². The van der Waals surface area contributed by atoms with Gasteiger partial charge in [-0.25, -0.2) is 15.0 Å². The van der Waals surface area contributed by atoms with Crippen LogP contribution in [0.2, 0.25) is 0 Å². The molecule has 0 spiro atoms. The molecule has 31 heavy (non-hydrogen) atoms. The highest BCUT2D eigenvalue weighted by Crippen LogP contribution is 2.56. The van der Waals surface area contributed by atoms with Crippen molar-refractivity contribution in [3.63, 3.8) is 0 Å². The Labute approximate surface area is 176 Å². The van der Waals surface area contributed by atoms with Crippen LogP contribution in [0.5, 0.6) is 11.5 Å². The summed E-state index contributed by atoms with van der Waals surface area (Å²) in [6.07, 6.45) is 0.415. The van der Waals surface area contributed by atoms with Crippen LogP contribution in [0, 0.1) is 0 Å². The molecule has 3 aliphatic rings. The largest absolute Gasteiger partial charge is 0.454 e. The van der Waals surface area contributed by atoms with Crippen molar-refractivity contribution in [3.8, 4) is 11.5 Å². The van der Waals surface area contributed by atoms with Crippen molar-refractivity contribution < 1.29 is 29.5 Å². The summed E-state index contributed by atoms with van der Waals surface area (Å²) in [5.74, 6) is 0.981. The van der Waals surface area contributed by atoms with Crippen LogP contribution in [-0.4, -0.2) is 66.6 Å². The maximum atomic E-state index is 11.4. The van der Waals surface area contributed by atoms with Gasteiger partial charge < -0.3 is 35.3 Å². The molecule has 3 aromatic rings. The van der Waals surface area contributed by atoms with Crippen molar-refractivity contribution in [2.75, 3.05) is 19.1 Å². The van der Waals surface area contributed by atoms with Gasteiger partial charge in [0.2, 0.25) is 6.79 Å². The zero-order chi connectivity index (χ0) is 21.3. The van der Waals surface area contributed by atoms with Crippen molar-refractivity contribution >= 4 is 17.0 Å². The van der Waals surface area contributed by atoms with Gasteiger partial charge in [0.25, 0.3) is 0 Å². The quantitative estimate of drug-likeness (QED) is 0.435. The van der Waals surface area contributed by atoms with Crippen LogP contribution in [0.4, 0.5) is 5.82 Å². The van der Waals surface area contributed by atoms with Crippen LogP contribution in [0.3, 0.4) is 0 Å². The van der Waals surface area contributed by atoms with E-state index in [0.29, 0.717) is 29.1 Å². The number of rotatable bonds is 3. The lowest BCUT2D eigenvalue weighted by Gasteiger charge is -2.39. The molecule has 5 atom stereocenters. The lowest BCUT2D eigenvalue weighted by molar-refractivity contribution is -0.162. The lowest BCUT2D eigenvalue weighted by Crippen LogP contribution is -2.49. The maximum Gasteiger partial charge on any atom is 0.231 e. The molecule has 5 N–H and O–H groups in total. The van der Waals surface area contributed by atoms with Gasteiger partial charge in [-0.2, -0.15) is 0 Å². The first kappa shape index (κ1) is 18.8. The fraction of sp³-hybridized carbons (Fsp3) is 0.450. The predicted octanol–water partition coefficient (Wildman–Crippen LogP) is -0.367. The Bertz CT molecular complexity index is 1180. The normalized spacial score (nSPS) is 31.5. The van der Waals surface area contributed by atoms with Gasteiger partial charge in [-0.1, -0.05) is 6.07 Å². The molecule has 0 amide bonds. The molecule has 11 nitrogen and oxygen atoms in total. The van der Waals surface area contributed by atoms with Crippen LogP contribution >= 0.6 is 0 Å². The van der Waals surface area contributed by atoms with E-state index in [2.05, 4.69) is 15.0 Å². The zero-order valence-corrected chi connectivity index (χ0v) is 16.4. The molecule has 2 aliphatic heterocycles. The van der Waals surface area contributed by atoms with E-state index < -0.39 is 36.6 Å². The van der Waals surface area contributed by atoms with Gasteiger partial charge in [-0.15, -0.1) is 0 Å². The van der Waals surface area contributed by atoms with Gasteiger partial charge in [-0.3, -0.25) is 4.57 Å². The van der Waals surface area contributed by atoms with Crippen molar-refractivity contribution in [1.82, 2.24) is 19.5 Å². The standard InChI is InChI=1S/C20H21N5O6/c21-18-14-19(23-6-22-18)25(7-24-14)20(17(28)15(27)12(5-26)31-20)10-3-1-9-2-4-11-16(13(9)10)30-8-29-11/h2,4,6-7,10,12,15,17,26-28H,1,3,5,8H2,(H2,21,22,23)/t10?,12-,15-,17-,20-/m1/s1. The Hall–Kier alpha value is -2.99. The molecule has 6 rings (SSSR count). The number of anilines is 1. The van der Waals surface area contributed by atoms with E-state index in [1.807, 2.05) is 12.1 Å². The fourth-order valence-electron chi connectivity index (χ4n) is 5.23. The smallest absolute Gasteiger partial charge is 0.231 e. The van der Waals surface area contributed by atoms with Crippen LogP contribution in [0.25, 0.3) is 11.2 Å². The number of ether oxygens (including phenoxy) is 3. The second-order valence-electron chi connectivity index (χ2n) is 8.04. The summed E-state index contributed by atoms with van der Waals surface area (Å²) in [6.45, 7) is -0.357. The van der Waals surface area contributed by atoms with Gasteiger partial charge in [0, 0.05) is 11.5 Å². The van der Waals surface area contributed by atoms with Gasteiger partial charge in [0.05, 0.1) is 12.9 Å². The van der Waals surface area contributed by atoms with Gasteiger partial charge in [0.1, 0.15) is 30.2 Å². The molecule has 2 aromatic heterocycles. The number of aromatic nitrogens is 4. The molecule has 1 saturated heterocycles. The molecule has 4 heterocycles. The second-order valence-corrected chi connectivity index (χ2v) is 8.04. The van der Waals surface area contributed by atoms with Crippen LogP contribution in [0.15, 0.2) is 24.8 Å². The molecule has 162 valence electrons. The highest BCUT2D eigenvalue weighted by Gasteiger charge is 2.62. The average molecular weight is 427 g/mol. The number of imidazole rings is 1. The topological polar surface area (TPSA) is 158 Å². The molecule has 1 aromatic carbocycles. The third kappa shape index (κ3) is 2.34. The molecular weight excluding hydrogens is 406 g/mol. The highest BCUT2D eigenvalue weighted by atomic mass is 16.7. The van der Waals surface area contributed by atoms with Crippen molar-refractivity contribution in [1.29, 1.82) is 0 Å².